The van der Waals surface area contributed by atoms with E-state index in [4.69, 9.17) is 20.7 Å². The fourth-order valence-corrected chi connectivity index (χ4v) is 1.87. The normalized spacial score (nSPS) is 12.3. The van der Waals surface area contributed by atoms with Gasteiger partial charge in [-0.3, -0.25) is 19.7 Å². The van der Waals surface area contributed by atoms with Crippen molar-refractivity contribution in [3.8, 4) is 0 Å². The molecule has 6 N–H and O–H groups in total. The molecule has 3 amide bonds. The van der Waals surface area contributed by atoms with E-state index >= 15 is 0 Å². The van der Waals surface area contributed by atoms with E-state index in [1.807, 2.05) is 10.6 Å². The zero-order valence-electron chi connectivity index (χ0n) is 14.1. The van der Waals surface area contributed by atoms with Gasteiger partial charge in [-0.05, 0) is 5.56 Å². The fourth-order valence-electron chi connectivity index (χ4n) is 1.87. The van der Waals surface area contributed by atoms with Crippen molar-refractivity contribution < 1.29 is 38.9 Å². The minimum atomic E-state index is -1.69. The van der Waals surface area contributed by atoms with Gasteiger partial charge in [-0.15, -0.1) is 0 Å². The van der Waals surface area contributed by atoms with Gasteiger partial charge in [0, 0.05) is 0 Å². The summed E-state index contributed by atoms with van der Waals surface area (Å²) in [5.41, 5.74) is 6.18. The number of hydrogen-bond acceptors (Lipinski definition) is 7. The Hall–Kier alpha value is -3.47. The van der Waals surface area contributed by atoms with E-state index in [0.29, 0.717) is 5.56 Å². The Kier molecular flexibility index (Phi) is 8.39. The van der Waals surface area contributed by atoms with E-state index in [1.54, 1.807) is 30.3 Å². The van der Waals surface area contributed by atoms with Crippen LogP contribution in [0.5, 0.6) is 0 Å². The van der Waals surface area contributed by atoms with Gasteiger partial charge in [-0.1, -0.05) is 30.3 Å². The van der Waals surface area contributed by atoms with Crippen molar-refractivity contribution in [2.24, 2.45) is 5.73 Å². The summed E-state index contributed by atoms with van der Waals surface area (Å²) in [5.74, 6) is -4.96. The molecule has 0 saturated carbocycles. The summed E-state index contributed by atoms with van der Waals surface area (Å²) < 4.78 is 4.83. The molecular weight excluding hydrogens is 362 g/mol. The molecule has 11 nitrogen and oxygen atoms in total. The van der Waals surface area contributed by atoms with Crippen molar-refractivity contribution in [1.29, 1.82) is 0 Å². The molecule has 1 rings (SSSR count). The Morgan fingerprint density at radius 1 is 1.04 bits per heavy atom. The molecule has 0 aromatic heterocycles. The van der Waals surface area contributed by atoms with Gasteiger partial charge in [0.15, 0.2) is 0 Å². The first-order valence-electron chi connectivity index (χ1n) is 7.70. The number of nitrogens with one attached hydrogen (secondary N) is 2. The number of amides is 3. The lowest BCUT2D eigenvalue weighted by Gasteiger charge is -2.16. The third kappa shape index (κ3) is 8.45. The number of nitrogens with two attached hydrogens (primary N) is 1. The van der Waals surface area contributed by atoms with Gasteiger partial charge in [-0.2, -0.15) is 0 Å². The van der Waals surface area contributed by atoms with Crippen LogP contribution in [0.15, 0.2) is 30.3 Å². The minimum Gasteiger partial charge on any atom is -0.481 e. The summed E-state index contributed by atoms with van der Waals surface area (Å²) in [6.07, 6.45) is -2.52. The number of carboxylic acids is 2. The lowest BCUT2D eigenvalue weighted by molar-refractivity contribution is -0.147. The molecule has 0 fully saturated rings. The molecule has 0 aliphatic rings. The van der Waals surface area contributed by atoms with Crippen molar-refractivity contribution in [2.45, 2.75) is 31.5 Å². The smallest absolute Gasteiger partial charge is 0.414 e. The summed E-state index contributed by atoms with van der Waals surface area (Å²) in [5, 5.41) is 21.2. The quantitative estimate of drug-likeness (QED) is 0.365. The maximum Gasteiger partial charge on any atom is 0.414 e. The molecule has 0 aliphatic carbocycles. The number of rotatable bonds is 9. The molecule has 1 aromatic rings. The van der Waals surface area contributed by atoms with Crippen LogP contribution in [0.3, 0.4) is 0 Å². The van der Waals surface area contributed by atoms with Crippen LogP contribution in [-0.2, 0) is 30.5 Å². The highest BCUT2D eigenvalue weighted by atomic mass is 16.5. The zero-order valence-corrected chi connectivity index (χ0v) is 14.1. The fraction of sp³-hybridized carbons (Fsp3) is 0.312. The lowest BCUT2D eigenvalue weighted by Crippen LogP contribution is -2.50. The second-order valence-corrected chi connectivity index (χ2v) is 5.42. The van der Waals surface area contributed by atoms with Gasteiger partial charge < -0.3 is 26.0 Å². The molecule has 0 heterocycles. The van der Waals surface area contributed by atoms with Crippen LogP contribution in [0.25, 0.3) is 0 Å². The molecular formula is C16H19N3O8. The number of hydrogen-bond donors (Lipinski definition) is 5. The summed E-state index contributed by atoms with van der Waals surface area (Å²) in [6, 6.07) is 5.52. The topological polar surface area (TPSA) is 185 Å². The number of ether oxygens (including phenoxy) is 1. The van der Waals surface area contributed by atoms with Gasteiger partial charge in [-0.25, -0.2) is 9.59 Å². The van der Waals surface area contributed by atoms with Gasteiger partial charge in [0.05, 0.1) is 18.9 Å². The number of benzene rings is 1. The number of carboxylic acid groups (broad SMARTS) is 2. The Bertz CT molecular complexity index is 707. The Balaban J connectivity index is 2.43. The first-order chi connectivity index (χ1) is 12.7. The van der Waals surface area contributed by atoms with Crippen molar-refractivity contribution in [3.63, 3.8) is 0 Å². The summed E-state index contributed by atoms with van der Waals surface area (Å²) >= 11 is 0. The molecule has 2 unspecified atom stereocenters. The molecule has 2 atom stereocenters. The average molecular weight is 381 g/mol. The highest BCUT2D eigenvalue weighted by Crippen LogP contribution is 2.01. The molecule has 0 saturated heterocycles. The average Bonchev–Trinajstić information content (AvgIpc) is 2.59. The summed E-state index contributed by atoms with van der Waals surface area (Å²) in [4.78, 5) is 56.5. The van der Waals surface area contributed by atoms with E-state index in [0.717, 1.165) is 0 Å². The largest absolute Gasteiger partial charge is 0.481 e. The Labute approximate surface area is 153 Å². The number of carbonyl (C=O) groups is 5. The molecule has 0 spiro atoms. The number of aliphatic carboxylic acids is 2. The molecule has 0 aliphatic heterocycles. The molecule has 0 bridgehead atoms. The zero-order chi connectivity index (χ0) is 20.4. The standard InChI is InChI=1S/C16H19N3O8/c17-10(14(23)18-11(15(24)25)7-13(21)22)6-12(20)19-16(26)27-8-9-4-2-1-3-5-9/h1-5,10-11H,6-8,17H2,(H,18,23)(H,21,22)(H,24,25)(H,19,20,26). The molecule has 1 aromatic carbocycles. The van der Waals surface area contributed by atoms with Crippen LogP contribution in [0, 0.1) is 0 Å². The first kappa shape index (κ1) is 21.6. The summed E-state index contributed by atoms with van der Waals surface area (Å²) in [7, 11) is 0. The van der Waals surface area contributed by atoms with Crippen LogP contribution in [0.4, 0.5) is 4.79 Å². The SMILES string of the molecule is NC(CC(=O)NC(=O)OCc1ccccc1)C(=O)NC(CC(=O)O)C(=O)O. The van der Waals surface area contributed by atoms with E-state index in [9.17, 15) is 24.0 Å². The second kappa shape index (κ2) is 10.5. The Morgan fingerprint density at radius 2 is 1.67 bits per heavy atom. The van der Waals surface area contributed by atoms with Gasteiger partial charge in [0.25, 0.3) is 0 Å². The van der Waals surface area contributed by atoms with Crippen LogP contribution >= 0.6 is 0 Å². The molecule has 11 heteroatoms. The number of carbonyl (C=O) groups excluding carboxylic acids is 3. The maximum absolute atomic E-state index is 11.8. The highest BCUT2D eigenvalue weighted by molar-refractivity contribution is 5.96. The van der Waals surface area contributed by atoms with E-state index in [1.165, 1.54) is 0 Å². The molecule has 0 radical (unpaired) electrons. The Morgan fingerprint density at radius 3 is 2.22 bits per heavy atom. The van der Waals surface area contributed by atoms with E-state index < -0.39 is 54.8 Å². The van der Waals surface area contributed by atoms with E-state index in [-0.39, 0.29) is 6.61 Å². The number of imide groups is 1. The van der Waals surface area contributed by atoms with Gasteiger partial charge >= 0.3 is 18.0 Å². The third-order valence-electron chi connectivity index (χ3n) is 3.19. The van der Waals surface area contributed by atoms with Crippen molar-refractivity contribution in [2.75, 3.05) is 0 Å². The second-order valence-electron chi connectivity index (χ2n) is 5.42. The molecule has 146 valence electrons. The van der Waals surface area contributed by atoms with Gasteiger partial charge in [0.1, 0.15) is 12.6 Å². The number of alkyl carbamates (subject to hydrolysis) is 1. The minimum absolute atomic E-state index is 0.0675. The third-order valence-corrected chi connectivity index (χ3v) is 3.19. The van der Waals surface area contributed by atoms with Crippen molar-refractivity contribution in [3.05, 3.63) is 35.9 Å². The predicted octanol–water partition coefficient (Wildman–Crippen LogP) is -0.799. The van der Waals surface area contributed by atoms with Gasteiger partial charge in [0.2, 0.25) is 11.8 Å². The predicted molar refractivity (Wildman–Crippen MR) is 89.2 cm³/mol. The van der Waals surface area contributed by atoms with Crippen molar-refractivity contribution in [1.82, 2.24) is 10.6 Å². The van der Waals surface area contributed by atoms with Crippen LogP contribution in [0.2, 0.25) is 0 Å². The van der Waals surface area contributed by atoms with Crippen LogP contribution in [-0.4, -0.2) is 52.1 Å². The van der Waals surface area contributed by atoms with Crippen LogP contribution < -0.4 is 16.4 Å². The maximum atomic E-state index is 11.8. The van der Waals surface area contributed by atoms with Crippen LogP contribution in [0.1, 0.15) is 18.4 Å². The molecule has 27 heavy (non-hydrogen) atoms. The van der Waals surface area contributed by atoms with Crippen molar-refractivity contribution >= 4 is 29.8 Å². The van der Waals surface area contributed by atoms with E-state index in [2.05, 4.69) is 0 Å². The monoisotopic (exact) mass is 381 g/mol. The highest BCUT2D eigenvalue weighted by Gasteiger charge is 2.27. The lowest BCUT2D eigenvalue weighted by atomic mass is 10.1. The first-order valence-corrected chi connectivity index (χ1v) is 7.70. The summed E-state index contributed by atoms with van der Waals surface area (Å²) in [6.45, 7) is -0.0675.